The number of amides is 1. The summed E-state index contributed by atoms with van der Waals surface area (Å²) in [4.78, 5) is 25.7. The molecule has 2 aliphatic rings. The maximum absolute atomic E-state index is 12.3. The molecule has 1 N–H and O–H groups in total. The van der Waals surface area contributed by atoms with Gasteiger partial charge >= 0.3 is 5.97 Å². The summed E-state index contributed by atoms with van der Waals surface area (Å²) >= 11 is 0. The number of esters is 1. The Hall–Kier alpha value is -1.10. The molecule has 0 aromatic heterocycles. The number of rotatable bonds is 4. The molecule has 2 saturated heterocycles. The van der Waals surface area contributed by atoms with Crippen LogP contribution in [0.25, 0.3) is 0 Å². The summed E-state index contributed by atoms with van der Waals surface area (Å²) in [6.45, 7) is 1.75. The fourth-order valence-corrected chi connectivity index (χ4v) is 3.06. The molecular weight excluding hydrogens is 244 g/mol. The molecule has 5 heteroatoms. The standard InChI is InChI=1S/C14H24N2O3/c1-19-14(18)12-6-2-3-10-16(12)13(17)8-7-11-5-4-9-15-11/h11-12,15H,2-10H2,1H3. The topological polar surface area (TPSA) is 58.6 Å². The highest BCUT2D eigenvalue weighted by Crippen LogP contribution is 2.20. The number of nitrogens with one attached hydrogen (secondary N) is 1. The van der Waals surface area contributed by atoms with Crippen molar-refractivity contribution in [1.82, 2.24) is 10.2 Å². The third-order valence-electron chi connectivity index (χ3n) is 4.17. The summed E-state index contributed by atoms with van der Waals surface area (Å²) in [5.41, 5.74) is 0. The minimum Gasteiger partial charge on any atom is -0.467 e. The van der Waals surface area contributed by atoms with Crippen LogP contribution in [0.1, 0.15) is 44.9 Å². The number of nitrogens with zero attached hydrogens (tertiary/aromatic N) is 1. The highest BCUT2D eigenvalue weighted by Gasteiger charge is 2.32. The zero-order chi connectivity index (χ0) is 13.7. The lowest BCUT2D eigenvalue weighted by Crippen LogP contribution is -2.48. The molecule has 0 saturated carbocycles. The van der Waals surface area contributed by atoms with Crippen LogP contribution in [0.4, 0.5) is 0 Å². The van der Waals surface area contributed by atoms with E-state index in [1.165, 1.54) is 13.5 Å². The largest absolute Gasteiger partial charge is 0.467 e. The summed E-state index contributed by atoms with van der Waals surface area (Å²) < 4.78 is 4.80. The maximum atomic E-state index is 12.3. The Labute approximate surface area is 114 Å². The van der Waals surface area contributed by atoms with Crippen LogP contribution in [0.15, 0.2) is 0 Å². The Morgan fingerprint density at radius 3 is 2.79 bits per heavy atom. The van der Waals surface area contributed by atoms with Crippen molar-refractivity contribution >= 4 is 11.9 Å². The molecular formula is C14H24N2O3. The Balaban J connectivity index is 1.85. The van der Waals surface area contributed by atoms with Crippen LogP contribution in [0.2, 0.25) is 0 Å². The second kappa shape index (κ2) is 6.89. The first kappa shape index (κ1) is 14.3. The maximum Gasteiger partial charge on any atom is 0.328 e. The van der Waals surface area contributed by atoms with E-state index >= 15 is 0 Å². The fourth-order valence-electron chi connectivity index (χ4n) is 3.06. The van der Waals surface area contributed by atoms with Crippen LogP contribution >= 0.6 is 0 Å². The monoisotopic (exact) mass is 268 g/mol. The van der Waals surface area contributed by atoms with Gasteiger partial charge in [0.15, 0.2) is 0 Å². The Bertz CT molecular complexity index is 327. The van der Waals surface area contributed by atoms with Gasteiger partial charge in [-0.2, -0.15) is 0 Å². The van der Waals surface area contributed by atoms with Crippen molar-refractivity contribution in [3.05, 3.63) is 0 Å². The molecule has 1 amide bonds. The van der Waals surface area contributed by atoms with Crippen molar-refractivity contribution in [3.8, 4) is 0 Å². The number of hydrogen-bond donors (Lipinski definition) is 1. The van der Waals surface area contributed by atoms with Gasteiger partial charge in [0.1, 0.15) is 6.04 Å². The van der Waals surface area contributed by atoms with E-state index in [2.05, 4.69) is 5.32 Å². The van der Waals surface area contributed by atoms with E-state index in [4.69, 9.17) is 4.74 Å². The molecule has 0 spiro atoms. The van der Waals surface area contributed by atoms with Crippen molar-refractivity contribution in [3.63, 3.8) is 0 Å². The second-order valence-corrected chi connectivity index (χ2v) is 5.45. The summed E-state index contributed by atoms with van der Waals surface area (Å²) in [5, 5.41) is 3.40. The first-order valence-electron chi connectivity index (χ1n) is 7.33. The first-order chi connectivity index (χ1) is 9.22. The Morgan fingerprint density at radius 1 is 1.26 bits per heavy atom. The lowest BCUT2D eigenvalue weighted by Gasteiger charge is -2.34. The number of methoxy groups -OCH3 is 1. The average Bonchev–Trinajstić information content (AvgIpc) is 2.97. The minimum absolute atomic E-state index is 0.101. The molecule has 108 valence electrons. The summed E-state index contributed by atoms with van der Waals surface area (Å²) in [5.74, 6) is -0.171. The normalized spacial score (nSPS) is 27.3. The number of likely N-dealkylation sites (tertiary alicyclic amines) is 1. The highest BCUT2D eigenvalue weighted by atomic mass is 16.5. The van der Waals surface area contributed by atoms with Crippen LogP contribution in [0.5, 0.6) is 0 Å². The SMILES string of the molecule is COC(=O)C1CCCCN1C(=O)CCC1CCCN1. The summed E-state index contributed by atoms with van der Waals surface area (Å²) in [7, 11) is 1.39. The quantitative estimate of drug-likeness (QED) is 0.775. The smallest absolute Gasteiger partial charge is 0.328 e. The van der Waals surface area contributed by atoms with Crippen LogP contribution in [0, 0.1) is 0 Å². The van der Waals surface area contributed by atoms with Gasteiger partial charge in [-0.15, -0.1) is 0 Å². The minimum atomic E-state index is -0.359. The molecule has 2 rings (SSSR count). The molecule has 0 aromatic carbocycles. The van der Waals surface area contributed by atoms with Crippen LogP contribution in [0.3, 0.4) is 0 Å². The predicted octanol–water partition coefficient (Wildman–Crippen LogP) is 1.07. The lowest BCUT2D eigenvalue weighted by molar-refractivity contribution is -0.154. The van der Waals surface area contributed by atoms with Crippen LogP contribution < -0.4 is 5.32 Å². The molecule has 0 radical (unpaired) electrons. The van der Waals surface area contributed by atoms with Gasteiger partial charge in [-0.3, -0.25) is 4.79 Å². The number of carbonyl (C=O) groups excluding carboxylic acids is 2. The van der Waals surface area contributed by atoms with E-state index in [-0.39, 0.29) is 17.9 Å². The number of ether oxygens (including phenoxy) is 1. The van der Waals surface area contributed by atoms with Gasteiger partial charge in [-0.25, -0.2) is 4.79 Å². The van der Waals surface area contributed by atoms with E-state index in [0.29, 0.717) is 19.0 Å². The van der Waals surface area contributed by atoms with Crippen molar-refractivity contribution in [2.45, 2.75) is 57.0 Å². The molecule has 5 nitrogen and oxygen atoms in total. The van der Waals surface area contributed by atoms with Crippen molar-refractivity contribution < 1.29 is 14.3 Å². The van der Waals surface area contributed by atoms with Gasteiger partial charge in [0.25, 0.3) is 0 Å². The number of carbonyl (C=O) groups is 2. The van der Waals surface area contributed by atoms with Crippen LogP contribution in [-0.4, -0.2) is 49.1 Å². The first-order valence-corrected chi connectivity index (χ1v) is 7.33. The van der Waals surface area contributed by atoms with E-state index in [0.717, 1.165) is 38.6 Å². The van der Waals surface area contributed by atoms with Crippen molar-refractivity contribution in [2.24, 2.45) is 0 Å². The molecule has 2 unspecified atom stereocenters. The summed E-state index contributed by atoms with van der Waals surface area (Å²) in [6, 6.07) is 0.119. The van der Waals surface area contributed by atoms with E-state index in [1.54, 1.807) is 4.90 Å². The molecule has 0 aromatic rings. The van der Waals surface area contributed by atoms with Gasteiger partial charge in [0.05, 0.1) is 7.11 Å². The zero-order valence-corrected chi connectivity index (χ0v) is 11.7. The average molecular weight is 268 g/mol. The Morgan fingerprint density at radius 2 is 2.11 bits per heavy atom. The van der Waals surface area contributed by atoms with Crippen molar-refractivity contribution in [2.75, 3.05) is 20.2 Å². The highest BCUT2D eigenvalue weighted by molar-refractivity contribution is 5.84. The van der Waals surface area contributed by atoms with Gasteiger partial charge in [-0.05, 0) is 45.1 Å². The molecule has 2 atom stereocenters. The number of piperidine rings is 1. The zero-order valence-electron chi connectivity index (χ0n) is 11.7. The summed E-state index contributed by atoms with van der Waals surface area (Å²) in [6.07, 6.45) is 6.49. The van der Waals surface area contributed by atoms with Gasteiger partial charge in [0, 0.05) is 19.0 Å². The lowest BCUT2D eigenvalue weighted by atomic mass is 10.0. The van der Waals surface area contributed by atoms with E-state index in [1.807, 2.05) is 0 Å². The molecule has 2 heterocycles. The van der Waals surface area contributed by atoms with Gasteiger partial charge < -0.3 is 15.0 Å². The second-order valence-electron chi connectivity index (χ2n) is 5.45. The molecule has 2 fully saturated rings. The van der Waals surface area contributed by atoms with E-state index in [9.17, 15) is 9.59 Å². The van der Waals surface area contributed by atoms with Gasteiger partial charge in [-0.1, -0.05) is 0 Å². The number of hydrogen-bond acceptors (Lipinski definition) is 4. The Kier molecular flexibility index (Phi) is 5.19. The van der Waals surface area contributed by atoms with Crippen molar-refractivity contribution in [1.29, 1.82) is 0 Å². The predicted molar refractivity (Wildman–Crippen MR) is 71.6 cm³/mol. The molecule has 19 heavy (non-hydrogen) atoms. The van der Waals surface area contributed by atoms with Gasteiger partial charge in [0.2, 0.25) is 5.91 Å². The van der Waals surface area contributed by atoms with E-state index < -0.39 is 0 Å². The van der Waals surface area contributed by atoms with Crippen LogP contribution in [-0.2, 0) is 14.3 Å². The molecule has 0 aliphatic carbocycles. The third kappa shape index (κ3) is 3.69. The fraction of sp³-hybridized carbons (Fsp3) is 0.857. The molecule has 2 aliphatic heterocycles. The molecule has 0 bridgehead atoms. The third-order valence-corrected chi connectivity index (χ3v) is 4.17.